The number of nitrogens with one attached hydrogen (secondary N) is 2. The first-order valence-electron chi connectivity index (χ1n) is 8.87. The zero-order chi connectivity index (χ0) is 19.9. The highest BCUT2D eigenvalue weighted by Gasteiger charge is 2.23. The quantitative estimate of drug-likeness (QED) is 0.567. The number of hydrogen-bond acceptors (Lipinski definition) is 4. The van der Waals surface area contributed by atoms with Crippen LogP contribution >= 0.6 is 11.6 Å². The Hall–Kier alpha value is -2.99. The summed E-state index contributed by atoms with van der Waals surface area (Å²) < 4.78 is 10.4. The van der Waals surface area contributed by atoms with E-state index in [0.29, 0.717) is 17.2 Å². The first-order chi connectivity index (χ1) is 13.6. The van der Waals surface area contributed by atoms with Gasteiger partial charge in [0.05, 0.1) is 20.1 Å². The van der Waals surface area contributed by atoms with E-state index in [1.807, 2.05) is 30.5 Å². The van der Waals surface area contributed by atoms with E-state index < -0.39 is 12.0 Å². The molecule has 2 N–H and O–H groups in total. The summed E-state index contributed by atoms with van der Waals surface area (Å²) >= 11 is 5.83. The molecule has 7 heteroatoms. The smallest absolute Gasteiger partial charge is 0.328 e. The molecular formula is C21H21ClN2O4. The number of amides is 1. The molecule has 1 aromatic heterocycles. The molecule has 0 fully saturated rings. The maximum atomic E-state index is 12.3. The van der Waals surface area contributed by atoms with Gasteiger partial charge >= 0.3 is 5.97 Å². The Kier molecular flexibility index (Phi) is 6.55. The van der Waals surface area contributed by atoms with Gasteiger partial charge < -0.3 is 19.8 Å². The Balaban J connectivity index is 1.58. The van der Waals surface area contributed by atoms with Gasteiger partial charge in [-0.2, -0.15) is 0 Å². The van der Waals surface area contributed by atoms with Crippen LogP contribution in [0.3, 0.4) is 0 Å². The average molecular weight is 401 g/mol. The number of ether oxygens (including phenoxy) is 2. The summed E-state index contributed by atoms with van der Waals surface area (Å²) in [5.41, 5.74) is 1.91. The van der Waals surface area contributed by atoms with Gasteiger partial charge in [0, 0.05) is 28.5 Å². The number of esters is 1. The second-order valence-corrected chi connectivity index (χ2v) is 6.70. The number of para-hydroxylation sites is 1. The topological polar surface area (TPSA) is 80.4 Å². The minimum Gasteiger partial charge on any atom is -0.493 e. The molecule has 0 radical (unpaired) electrons. The second-order valence-electron chi connectivity index (χ2n) is 6.26. The summed E-state index contributed by atoms with van der Waals surface area (Å²) in [6.45, 7) is 0.189. The van der Waals surface area contributed by atoms with Gasteiger partial charge in [-0.1, -0.05) is 29.8 Å². The number of halogens is 1. The fraction of sp³-hybridized carbons (Fsp3) is 0.238. The molecule has 0 aliphatic carbocycles. The molecule has 1 heterocycles. The lowest BCUT2D eigenvalue weighted by molar-refractivity contribution is -0.145. The third-order valence-corrected chi connectivity index (χ3v) is 4.58. The van der Waals surface area contributed by atoms with E-state index >= 15 is 0 Å². The van der Waals surface area contributed by atoms with Crippen LogP contribution < -0.4 is 10.1 Å². The molecule has 2 aromatic carbocycles. The van der Waals surface area contributed by atoms with Gasteiger partial charge in [-0.25, -0.2) is 4.79 Å². The lowest BCUT2D eigenvalue weighted by atomic mass is 10.0. The highest BCUT2D eigenvalue weighted by atomic mass is 35.5. The molecule has 3 aromatic rings. The third-order valence-electron chi connectivity index (χ3n) is 4.33. The van der Waals surface area contributed by atoms with Crippen LogP contribution in [-0.2, 0) is 20.7 Å². The van der Waals surface area contributed by atoms with E-state index in [1.165, 1.54) is 7.11 Å². The van der Waals surface area contributed by atoms with Crippen LogP contribution in [0.25, 0.3) is 10.9 Å². The van der Waals surface area contributed by atoms with Crippen LogP contribution in [-0.4, -0.2) is 36.6 Å². The lowest BCUT2D eigenvalue weighted by Crippen LogP contribution is -2.43. The number of methoxy groups -OCH3 is 1. The van der Waals surface area contributed by atoms with E-state index in [4.69, 9.17) is 21.1 Å². The molecule has 0 aliphatic heterocycles. The molecule has 0 saturated carbocycles. The number of benzene rings is 2. The number of carbonyl (C=O) groups excluding carboxylic acids is 2. The van der Waals surface area contributed by atoms with Crippen molar-refractivity contribution in [2.24, 2.45) is 0 Å². The van der Waals surface area contributed by atoms with Crippen molar-refractivity contribution < 1.29 is 19.1 Å². The highest BCUT2D eigenvalue weighted by molar-refractivity contribution is 6.30. The van der Waals surface area contributed by atoms with E-state index in [2.05, 4.69) is 10.3 Å². The van der Waals surface area contributed by atoms with Crippen LogP contribution in [0, 0.1) is 0 Å². The van der Waals surface area contributed by atoms with Gasteiger partial charge in [-0.05, 0) is 35.9 Å². The van der Waals surface area contributed by atoms with Gasteiger partial charge in [-0.3, -0.25) is 4.79 Å². The summed E-state index contributed by atoms with van der Waals surface area (Å²) in [5, 5.41) is 4.36. The van der Waals surface area contributed by atoms with Gasteiger partial charge in [0.2, 0.25) is 5.91 Å². The van der Waals surface area contributed by atoms with Crippen molar-refractivity contribution in [3.05, 3.63) is 65.3 Å². The zero-order valence-corrected chi connectivity index (χ0v) is 16.2. The summed E-state index contributed by atoms with van der Waals surface area (Å²) in [6.07, 6.45) is 2.29. The van der Waals surface area contributed by atoms with Crippen LogP contribution in [0.15, 0.2) is 54.7 Å². The summed E-state index contributed by atoms with van der Waals surface area (Å²) in [7, 11) is 1.31. The van der Waals surface area contributed by atoms with Crippen molar-refractivity contribution in [3.8, 4) is 5.75 Å². The molecule has 1 atom stereocenters. The normalized spacial score (nSPS) is 11.8. The number of aromatic nitrogens is 1. The number of carbonyl (C=O) groups is 2. The fourth-order valence-electron chi connectivity index (χ4n) is 2.91. The summed E-state index contributed by atoms with van der Waals surface area (Å²) in [6, 6.07) is 13.9. The van der Waals surface area contributed by atoms with Crippen LogP contribution in [0.1, 0.15) is 12.0 Å². The molecule has 6 nitrogen and oxygen atoms in total. The number of H-pyrrole nitrogens is 1. The molecular weight excluding hydrogens is 380 g/mol. The maximum absolute atomic E-state index is 12.3. The number of fused-ring (bicyclic) bond motifs is 1. The molecule has 3 rings (SSSR count). The van der Waals surface area contributed by atoms with E-state index in [-0.39, 0.29) is 18.9 Å². The van der Waals surface area contributed by atoms with E-state index in [1.54, 1.807) is 24.3 Å². The molecule has 0 spiro atoms. The standard InChI is InChI=1S/C21H21ClN2O4/c1-27-21(26)19(12-14-13-23-18-5-3-2-4-17(14)18)24-20(25)10-11-28-16-8-6-15(22)7-9-16/h2-9,13,19,23H,10-12H2,1H3,(H,24,25). The minimum absolute atomic E-state index is 0.115. The summed E-state index contributed by atoms with van der Waals surface area (Å²) in [4.78, 5) is 27.6. The number of rotatable bonds is 8. The minimum atomic E-state index is -0.771. The van der Waals surface area contributed by atoms with Crippen molar-refractivity contribution >= 4 is 34.4 Å². The Labute approximate surface area is 167 Å². The van der Waals surface area contributed by atoms with Crippen LogP contribution in [0.2, 0.25) is 5.02 Å². The van der Waals surface area contributed by atoms with Crippen molar-refractivity contribution in [3.63, 3.8) is 0 Å². The lowest BCUT2D eigenvalue weighted by Gasteiger charge is -2.16. The van der Waals surface area contributed by atoms with Gasteiger partial charge in [0.1, 0.15) is 11.8 Å². The van der Waals surface area contributed by atoms with Gasteiger partial charge in [-0.15, -0.1) is 0 Å². The van der Waals surface area contributed by atoms with Crippen LogP contribution in [0.4, 0.5) is 0 Å². The predicted molar refractivity (Wildman–Crippen MR) is 108 cm³/mol. The molecule has 1 unspecified atom stereocenters. The largest absolute Gasteiger partial charge is 0.493 e. The fourth-order valence-corrected chi connectivity index (χ4v) is 3.04. The molecule has 28 heavy (non-hydrogen) atoms. The molecule has 0 bridgehead atoms. The van der Waals surface area contributed by atoms with Gasteiger partial charge in [0.25, 0.3) is 0 Å². The Morgan fingerprint density at radius 2 is 1.89 bits per heavy atom. The maximum Gasteiger partial charge on any atom is 0.328 e. The molecule has 0 aliphatic rings. The first-order valence-corrected chi connectivity index (χ1v) is 9.25. The van der Waals surface area contributed by atoms with Crippen LogP contribution in [0.5, 0.6) is 5.75 Å². The first kappa shape index (κ1) is 19.8. The highest BCUT2D eigenvalue weighted by Crippen LogP contribution is 2.19. The van der Waals surface area contributed by atoms with Crippen molar-refractivity contribution in [1.29, 1.82) is 0 Å². The Morgan fingerprint density at radius 3 is 2.64 bits per heavy atom. The SMILES string of the molecule is COC(=O)C(Cc1c[nH]c2ccccc12)NC(=O)CCOc1ccc(Cl)cc1. The zero-order valence-electron chi connectivity index (χ0n) is 15.4. The monoisotopic (exact) mass is 400 g/mol. The third kappa shape index (κ3) is 5.04. The van der Waals surface area contributed by atoms with E-state index in [0.717, 1.165) is 16.5 Å². The average Bonchev–Trinajstić information content (AvgIpc) is 3.11. The Bertz CT molecular complexity index is 952. The van der Waals surface area contributed by atoms with Gasteiger partial charge in [0.15, 0.2) is 0 Å². The number of aromatic amines is 1. The van der Waals surface area contributed by atoms with Crippen molar-refractivity contribution in [1.82, 2.24) is 10.3 Å². The van der Waals surface area contributed by atoms with Crippen molar-refractivity contribution in [2.75, 3.05) is 13.7 Å². The Morgan fingerprint density at radius 1 is 1.14 bits per heavy atom. The van der Waals surface area contributed by atoms with E-state index in [9.17, 15) is 9.59 Å². The van der Waals surface area contributed by atoms with Crippen molar-refractivity contribution in [2.45, 2.75) is 18.9 Å². The molecule has 1 amide bonds. The predicted octanol–water partition coefficient (Wildman–Crippen LogP) is 3.49. The molecule has 0 saturated heterocycles. The second kappa shape index (κ2) is 9.28. The summed E-state index contributed by atoms with van der Waals surface area (Å²) in [5.74, 6) is -0.151. The number of hydrogen-bond donors (Lipinski definition) is 2. The molecule has 146 valence electrons.